The van der Waals surface area contributed by atoms with Gasteiger partial charge in [0.1, 0.15) is 11.6 Å². The number of carbonyl (C=O) groups excluding carboxylic acids is 1. The molecule has 1 unspecified atom stereocenters. The first-order valence-corrected chi connectivity index (χ1v) is 11.9. The molecule has 1 atom stereocenters. The Balaban J connectivity index is 1.25. The van der Waals surface area contributed by atoms with Gasteiger partial charge in [-0.3, -0.25) is 4.79 Å². The molecule has 35 heavy (non-hydrogen) atoms. The Kier molecular flexibility index (Phi) is 6.64. The van der Waals surface area contributed by atoms with Gasteiger partial charge in [-0.05, 0) is 73.9 Å². The van der Waals surface area contributed by atoms with Crippen LogP contribution in [0.3, 0.4) is 0 Å². The minimum Gasteiger partial charge on any atom is -0.406 e. The van der Waals surface area contributed by atoms with Gasteiger partial charge in [-0.1, -0.05) is 0 Å². The number of aromatic nitrogens is 3. The molecule has 0 bridgehead atoms. The second-order valence-corrected chi connectivity index (χ2v) is 9.10. The van der Waals surface area contributed by atoms with E-state index in [1.165, 1.54) is 17.7 Å². The third-order valence-corrected chi connectivity index (χ3v) is 6.84. The second kappa shape index (κ2) is 9.85. The van der Waals surface area contributed by atoms with Crippen LogP contribution in [0.25, 0.3) is 11.2 Å². The number of H-pyrrole nitrogens is 1. The number of rotatable bonds is 4. The molecule has 2 aromatic heterocycles. The van der Waals surface area contributed by atoms with Gasteiger partial charge >= 0.3 is 6.36 Å². The molecule has 1 amide bonds. The molecule has 1 N–H and O–H groups in total. The number of hydrogen-bond acceptors (Lipinski definition) is 5. The lowest BCUT2D eigenvalue weighted by atomic mass is 9.89. The van der Waals surface area contributed by atoms with E-state index < -0.39 is 6.36 Å². The number of amides is 1. The number of hydrogen-bond donors (Lipinski definition) is 1. The number of alkyl halides is 3. The maximum atomic E-state index is 12.9. The van der Waals surface area contributed by atoms with Crippen LogP contribution in [0.1, 0.15) is 65.7 Å². The number of fused-ring (bicyclic) bond motifs is 1. The number of nitrogens with zero attached hydrogens (tertiary/aromatic N) is 3. The van der Waals surface area contributed by atoms with Crippen molar-refractivity contribution in [3.05, 3.63) is 53.5 Å². The van der Waals surface area contributed by atoms with Crippen molar-refractivity contribution in [2.45, 2.75) is 50.3 Å². The van der Waals surface area contributed by atoms with E-state index in [9.17, 15) is 18.0 Å². The number of imidazole rings is 1. The van der Waals surface area contributed by atoms with Crippen LogP contribution in [-0.4, -0.2) is 58.4 Å². The van der Waals surface area contributed by atoms with E-state index in [-0.39, 0.29) is 17.6 Å². The summed E-state index contributed by atoms with van der Waals surface area (Å²) in [5, 5.41) is 0. The zero-order valence-electron chi connectivity index (χ0n) is 19.2. The first kappa shape index (κ1) is 23.6. The molecule has 186 valence electrons. The maximum Gasteiger partial charge on any atom is 0.573 e. The van der Waals surface area contributed by atoms with Gasteiger partial charge in [-0.25, -0.2) is 9.97 Å². The largest absolute Gasteiger partial charge is 0.573 e. The summed E-state index contributed by atoms with van der Waals surface area (Å²) < 4.78 is 46.6. The highest BCUT2D eigenvalue weighted by Gasteiger charge is 2.31. The van der Waals surface area contributed by atoms with Gasteiger partial charge in [0.2, 0.25) is 0 Å². The van der Waals surface area contributed by atoms with E-state index in [2.05, 4.69) is 14.7 Å². The van der Waals surface area contributed by atoms with Gasteiger partial charge in [0.15, 0.2) is 5.65 Å². The summed E-state index contributed by atoms with van der Waals surface area (Å²) in [5.41, 5.74) is 3.20. The van der Waals surface area contributed by atoms with Crippen molar-refractivity contribution in [3.63, 3.8) is 0 Å². The molecule has 2 aliphatic rings. The normalized spacial score (nSPS) is 20.1. The first-order valence-electron chi connectivity index (χ1n) is 11.9. The van der Waals surface area contributed by atoms with Crippen molar-refractivity contribution in [3.8, 4) is 5.75 Å². The Morgan fingerprint density at radius 3 is 2.54 bits per heavy atom. The average molecular weight is 489 g/mol. The van der Waals surface area contributed by atoms with Crippen molar-refractivity contribution in [2.24, 2.45) is 0 Å². The Morgan fingerprint density at radius 1 is 1.03 bits per heavy atom. The topological polar surface area (TPSA) is 80.3 Å². The van der Waals surface area contributed by atoms with Crippen LogP contribution in [0.5, 0.6) is 5.75 Å². The smallest absolute Gasteiger partial charge is 0.406 e. The van der Waals surface area contributed by atoms with Gasteiger partial charge in [0.05, 0.1) is 5.52 Å². The Morgan fingerprint density at radius 2 is 1.80 bits per heavy atom. The number of ether oxygens (including phenoxy) is 2. The number of aromatic amines is 1. The molecule has 1 aromatic carbocycles. The fraction of sp³-hybridized carbons (Fsp3) is 0.480. The number of nitrogens with one attached hydrogen (secondary N) is 1. The summed E-state index contributed by atoms with van der Waals surface area (Å²) in [6.45, 7) is 2.67. The molecule has 0 radical (unpaired) electrons. The maximum absolute atomic E-state index is 12.9. The molecule has 2 aliphatic heterocycles. The zero-order chi connectivity index (χ0) is 24.4. The van der Waals surface area contributed by atoms with Crippen LogP contribution in [0.15, 0.2) is 36.5 Å². The third kappa shape index (κ3) is 5.42. The zero-order valence-corrected chi connectivity index (χ0v) is 19.2. The van der Waals surface area contributed by atoms with Gasteiger partial charge in [0.25, 0.3) is 5.91 Å². The van der Waals surface area contributed by atoms with E-state index >= 15 is 0 Å². The van der Waals surface area contributed by atoms with Gasteiger partial charge in [0, 0.05) is 44.0 Å². The molecule has 10 heteroatoms. The average Bonchev–Trinajstić information content (AvgIpc) is 3.10. The predicted molar refractivity (Wildman–Crippen MR) is 122 cm³/mol. The van der Waals surface area contributed by atoms with E-state index in [0.29, 0.717) is 24.6 Å². The van der Waals surface area contributed by atoms with Crippen LogP contribution in [0.4, 0.5) is 13.2 Å². The van der Waals surface area contributed by atoms with Gasteiger partial charge < -0.3 is 19.4 Å². The van der Waals surface area contributed by atoms with E-state index in [1.807, 2.05) is 6.07 Å². The van der Waals surface area contributed by atoms with Crippen molar-refractivity contribution in [1.82, 2.24) is 19.9 Å². The number of carbonyl (C=O) groups is 1. The lowest BCUT2D eigenvalue weighted by Crippen LogP contribution is -2.38. The molecule has 0 aliphatic carbocycles. The standard InChI is InChI=1S/C25H27F3N4O3/c26-25(27,28)35-19-5-3-18(4-6-19)24(33)32-12-8-16(9-13-32)20-7-11-29-23-21(20)30-22(31-23)17-2-1-14-34-15-10-17/h3-7,11,16-17H,1-2,8-10,12-15H2,(H,29,30,31). The molecule has 2 fully saturated rings. The predicted octanol–water partition coefficient (Wildman–Crippen LogP) is 5.16. The third-order valence-electron chi connectivity index (χ3n) is 6.84. The summed E-state index contributed by atoms with van der Waals surface area (Å²) in [6, 6.07) is 7.09. The van der Waals surface area contributed by atoms with E-state index in [1.54, 1.807) is 11.1 Å². The monoisotopic (exact) mass is 488 g/mol. The molecular formula is C25H27F3N4O3. The summed E-state index contributed by atoms with van der Waals surface area (Å²) >= 11 is 0. The summed E-state index contributed by atoms with van der Waals surface area (Å²) in [7, 11) is 0. The number of piperidine rings is 1. The molecule has 4 heterocycles. The fourth-order valence-electron chi connectivity index (χ4n) is 5.03. The molecule has 0 saturated carbocycles. The van der Waals surface area contributed by atoms with E-state index in [4.69, 9.17) is 9.72 Å². The molecule has 3 aromatic rings. The molecule has 2 saturated heterocycles. The van der Waals surface area contributed by atoms with Crippen LogP contribution in [0, 0.1) is 0 Å². The Labute approximate surface area is 200 Å². The summed E-state index contributed by atoms with van der Waals surface area (Å²) in [4.78, 5) is 27.4. The van der Waals surface area contributed by atoms with Crippen LogP contribution in [-0.2, 0) is 4.74 Å². The quantitative estimate of drug-likeness (QED) is 0.549. The number of likely N-dealkylation sites (tertiary alicyclic amines) is 1. The lowest BCUT2D eigenvalue weighted by molar-refractivity contribution is -0.274. The molecule has 7 nitrogen and oxygen atoms in total. The highest BCUT2D eigenvalue weighted by atomic mass is 19.4. The Hall–Kier alpha value is -3.14. The van der Waals surface area contributed by atoms with Crippen LogP contribution in [0.2, 0.25) is 0 Å². The minimum absolute atomic E-state index is 0.193. The highest BCUT2D eigenvalue weighted by molar-refractivity contribution is 5.94. The number of benzene rings is 1. The molecule has 0 spiro atoms. The van der Waals surface area contributed by atoms with Crippen LogP contribution < -0.4 is 4.74 Å². The SMILES string of the molecule is O=C(c1ccc(OC(F)(F)F)cc1)N1CCC(c2ccnc3nc(C4CCCOCC4)[nH]c23)CC1. The molecular weight excluding hydrogens is 461 g/mol. The highest BCUT2D eigenvalue weighted by Crippen LogP contribution is 2.34. The summed E-state index contributed by atoms with van der Waals surface area (Å²) in [6.07, 6.45) is 1.61. The van der Waals surface area contributed by atoms with Gasteiger partial charge in [-0.2, -0.15) is 0 Å². The summed E-state index contributed by atoms with van der Waals surface area (Å²) in [5.74, 6) is 1.03. The fourth-order valence-corrected chi connectivity index (χ4v) is 5.03. The second-order valence-electron chi connectivity index (χ2n) is 9.10. The van der Waals surface area contributed by atoms with Crippen molar-refractivity contribution < 1.29 is 27.4 Å². The van der Waals surface area contributed by atoms with Crippen molar-refractivity contribution >= 4 is 17.1 Å². The van der Waals surface area contributed by atoms with Crippen molar-refractivity contribution in [1.29, 1.82) is 0 Å². The van der Waals surface area contributed by atoms with Gasteiger partial charge in [-0.15, -0.1) is 13.2 Å². The van der Waals surface area contributed by atoms with Crippen LogP contribution >= 0.6 is 0 Å². The Bertz CT molecular complexity index is 1160. The van der Waals surface area contributed by atoms with E-state index in [0.717, 1.165) is 74.4 Å². The lowest BCUT2D eigenvalue weighted by Gasteiger charge is -2.32. The minimum atomic E-state index is -4.76. The number of pyridine rings is 1. The molecule has 5 rings (SSSR count). The first-order chi connectivity index (χ1) is 16.9. The van der Waals surface area contributed by atoms with Crippen molar-refractivity contribution in [2.75, 3.05) is 26.3 Å². The number of halogens is 3.